The number of nitrogens with two attached hydrogens (primary N) is 1. The van der Waals surface area contributed by atoms with Gasteiger partial charge in [0, 0.05) is 5.56 Å². The zero-order valence-corrected chi connectivity index (χ0v) is 13.2. The molecule has 0 saturated carbocycles. The number of carbonyl (C=O) groups is 1. The van der Waals surface area contributed by atoms with E-state index in [1.807, 2.05) is 4.98 Å². The summed E-state index contributed by atoms with van der Waals surface area (Å²) in [6.45, 7) is 0. The Hall–Kier alpha value is -3.81. The van der Waals surface area contributed by atoms with Crippen molar-refractivity contribution in [3.05, 3.63) is 73.3 Å². The topological polar surface area (TPSA) is 142 Å². The van der Waals surface area contributed by atoms with Crippen LogP contribution in [0.5, 0.6) is 5.88 Å². The van der Waals surface area contributed by atoms with Gasteiger partial charge in [-0.1, -0.05) is 12.1 Å². The van der Waals surface area contributed by atoms with Crippen LogP contribution in [0.1, 0.15) is 27.4 Å². The van der Waals surface area contributed by atoms with E-state index in [2.05, 4.69) is 4.98 Å². The highest BCUT2D eigenvalue weighted by molar-refractivity contribution is 6.04. The monoisotopic (exact) mass is 378 g/mol. The zero-order valence-electron chi connectivity index (χ0n) is 13.2. The number of H-pyrrole nitrogens is 2. The number of halogens is 3. The van der Waals surface area contributed by atoms with Gasteiger partial charge >= 0.3 is 11.9 Å². The first-order chi connectivity index (χ1) is 12.6. The summed E-state index contributed by atoms with van der Waals surface area (Å²) in [4.78, 5) is 40.5. The van der Waals surface area contributed by atoms with Crippen LogP contribution in [-0.2, 0) is 6.18 Å². The third kappa shape index (κ3) is 3.08. The van der Waals surface area contributed by atoms with E-state index in [0.717, 1.165) is 12.1 Å². The molecule has 3 rings (SSSR count). The summed E-state index contributed by atoms with van der Waals surface area (Å²) in [6.07, 6.45) is -4.59. The Morgan fingerprint density at radius 1 is 1.19 bits per heavy atom. The minimum atomic E-state index is -4.59. The lowest BCUT2D eigenvalue weighted by Crippen LogP contribution is -2.35. The number of aromatic nitrogens is 2. The van der Waals surface area contributed by atoms with Crippen LogP contribution in [0.2, 0.25) is 0 Å². The van der Waals surface area contributed by atoms with Gasteiger partial charge in [0.15, 0.2) is 5.78 Å². The Balaban J connectivity index is 2.15. The van der Waals surface area contributed by atoms with Crippen LogP contribution in [0.25, 0.3) is 0 Å². The lowest BCUT2D eigenvalue weighted by atomic mass is 9.84. The number of hydrogen-bond donors (Lipinski definition) is 3. The van der Waals surface area contributed by atoms with Gasteiger partial charge in [-0.05, 0) is 12.1 Å². The summed E-state index contributed by atoms with van der Waals surface area (Å²) in [5, 5.41) is 9.30. The summed E-state index contributed by atoms with van der Waals surface area (Å²) in [5.74, 6) is -3.32. The highest BCUT2D eigenvalue weighted by Crippen LogP contribution is 2.36. The van der Waals surface area contributed by atoms with Gasteiger partial charge in [0.1, 0.15) is 11.6 Å². The fourth-order valence-electron chi connectivity index (χ4n) is 2.64. The lowest BCUT2D eigenvalue weighted by molar-refractivity contribution is -0.137. The summed E-state index contributed by atoms with van der Waals surface area (Å²) < 4.78 is 43.1. The quantitative estimate of drug-likeness (QED) is 0.669. The van der Waals surface area contributed by atoms with Gasteiger partial charge in [0.2, 0.25) is 11.8 Å². The van der Waals surface area contributed by atoms with Gasteiger partial charge in [0.05, 0.1) is 17.0 Å². The zero-order chi connectivity index (χ0) is 19.9. The van der Waals surface area contributed by atoms with Crippen LogP contribution in [0.15, 0.2) is 45.3 Å². The van der Waals surface area contributed by atoms with Gasteiger partial charge in [-0.2, -0.15) is 18.4 Å². The summed E-state index contributed by atoms with van der Waals surface area (Å²) in [7, 11) is 0. The van der Waals surface area contributed by atoms with Gasteiger partial charge in [0.25, 0.3) is 5.56 Å². The summed E-state index contributed by atoms with van der Waals surface area (Å²) >= 11 is 0. The molecule has 0 saturated heterocycles. The number of carbonyl (C=O) groups excluding carboxylic acids is 1. The van der Waals surface area contributed by atoms with Crippen LogP contribution in [0, 0.1) is 11.3 Å². The number of aromatic amines is 2. The molecule has 2 aromatic rings. The third-order valence-electron chi connectivity index (χ3n) is 3.88. The van der Waals surface area contributed by atoms with Crippen molar-refractivity contribution < 1.29 is 22.7 Å². The molecule has 1 aromatic heterocycles. The number of rotatable bonds is 2. The molecule has 1 unspecified atom stereocenters. The molecule has 138 valence electrons. The second-order valence-corrected chi connectivity index (χ2v) is 5.52. The first-order valence-corrected chi connectivity index (χ1v) is 7.29. The Morgan fingerprint density at radius 2 is 1.81 bits per heavy atom. The maximum Gasteiger partial charge on any atom is 0.416 e. The van der Waals surface area contributed by atoms with Crippen LogP contribution >= 0.6 is 0 Å². The van der Waals surface area contributed by atoms with E-state index >= 15 is 0 Å². The number of nitrogens with one attached hydrogen (secondary N) is 2. The minimum absolute atomic E-state index is 0.188. The van der Waals surface area contributed by atoms with Crippen molar-refractivity contribution in [2.45, 2.75) is 12.1 Å². The summed E-state index contributed by atoms with van der Waals surface area (Å²) in [6, 6.07) is 4.90. The Labute approximate surface area is 147 Å². The van der Waals surface area contributed by atoms with Crippen LogP contribution in [0.4, 0.5) is 13.2 Å². The molecule has 1 atom stereocenters. The molecule has 0 spiro atoms. The fourth-order valence-corrected chi connectivity index (χ4v) is 2.64. The Kier molecular flexibility index (Phi) is 4.11. The predicted molar refractivity (Wildman–Crippen MR) is 83.7 cm³/mol. The van der Waals surface area contributed by atoms with E-state index in [1.165, 1.54) is 0 Å². The lowest BCUT2D eigenvalue weighted by Gasteiger charge is -2.23. The Morgan fingerprint density at radius 3 is 2.37 bits per heavy atom. The van der Waals surface area contributed by atoms with E-state index in [4.69, 9.17) is 10.5 Å². The maximum absolute atomic E-state index is 12.9. The molecule has 27 heavy (non-hydrogen) atoms. The number of fused-ring (bicyclic) bond motifs is 1. The van der Waals surface area contributed by atoms with Crippen molar-refractivity contribution in [3.63, 3.8) is 0 Å². The van der Waals surface area contributed by atoms with Gasteiger partial charge in [-0.3, -0.25) is 19.6 Å². The second-order valence-electron chi connectivity index (χ2n) is 5.52. The standard InChI is InChI=1S/C16H9F3N4O4/c17-16(18,19)7-3-1-6(2-4-7)11(24)9-8(5-20)12(21)27-14-10(9)13(25)22-15(26)23-14/h1-4,9H,21H2,(H2,22,23,25,26). The minimum Gasteiger partial charge on any atom is -0.424 e. The molecule has 4 N–H and O–H groups in total. The van der Waals surface area contributed by atoms with Crippen LogP contribution < -0.4 is 21.7 Å². The van der Waals surface area contributed by atoms with E-state index in [1.54, 1.807) is 6.07 Å². The number of hydrogen-bond acceptors (Lipinski definition) is 6. The number of Topliss-reactive ketones (excluding diaryl/α,β-unsaturated/α-hetero) is 1. The van der Waals surface area contributed by atoms with Crippen molar-refractivity contribution >= 4 is 5.78 Å². The molecular weight excluding hydrogens is 369 g/mol. The van der Waals surface area contributed by atoms with Gasteiger partial charge in [-0.15, -0.1) is 0 Å². The normalized spacial score (nSPS) is 16.3. The smallest absolute Gasteiger partial charge is 0.416 e. The predicted octanol–water partition coefficient (Wildman–Crippen LogP) is 1.13. The highest BCUT2D eigenvalue weighted by atomic mass is 19.4. The van der Waals surface area contributed by atoms with E-state index in [9.17, 15) is 32.8 Å². The van der Waals surface area contributed by atoms with Crippen molar-refractivity contribution in [1.82, 2.24) is 9.97 Å². The number of nitriles is 1. The van der Waals surface area contributed by atoms with E-state index in [-0.39, 0.29) is 11.1 Å². The molecule has 8 nitrogen and oxygen atoms in total. The van der Waals surface area contributed by atoms with Gasteiger partial charge in [-0.25, -0.2) is 4.79 Å². The average molecular weight is 378 g/mol. The van der Waals surface area contributed by atoms with E-state index in [0.29, 0.717) is 12.1 Å². The third-order valence-corrected chi connectivity index (χ3v) is 3.88. The average Bonchev–Trinajstić information content (AvgIpc) is 2.59. The fraction of sp³-hybridized carbons (Fsp3) is 0.125. The first kappa shape index (κ1) is 18.0. The highest BCUT2D eigenvalue weighted by Gasteiger charge is 2.38. The molecule has 0 bridgehead atoms. The molecule has 0 amide bonds. The molecule has 0 fully saturated rings. The van der Waals surface area contributed by atoms with Crippen LogP contribution in [0.3, 0.4) is 0 Å². The van der Waals surface area contributed by atoms with Crippen molar-refractivity contribution in [1.29, 1.82) is 5.26 Å². The molecule has 11 heteroatoms. The SMILES string of the molecule is N#CC1=C(N)Oc2[nH]c(=O)[nH]c(=O)c2C1C(=O)c1ccc(C(F)(F)F)cc1. The number of ketones is 1. The molecular formula is C16H9F3N4O4. The van der Waals surface area contributed by atoms with Gasteiger partial charge < -0.3 is 10.5 Å². The van der Waals surface area contributed by atoms with Crippen LogP contribution in [-0.4, -0.2) is 15.8 Å². The summed E-state index contributed by atoms with van der Waals surface area (Å²) in [5.41, 5.74) is 1.76. The molecule has 0 radical (unpaired) electrons. The van der Waals surface area contributed by atoms with E-state index < -0.39 is 52.0 Å². The number of allylic oxidation sites excluding steroid dienone is 1. The largest absolute Gasteiger partial charge is 0.424 e. The number of alkyl halides is 3. The molecule has 2 heterocycles. The van der Waals surface area contributed by atoms with Crippen molar-refractivity contribution in [2.24, 2.45) is 5.73 Å². The number of nitrogens with zero attached hydrogens (tertiary/aromatic N) is 1. The van der Waals surface area contributed by atoms with Crippen molar-refractivity contribution in [2.75, 3.05) is 0 Å². The Bertz CT molecular complexity index is 1120. The molecule has 1 aliphatic heterocycles. The molecule has 1 aromatic carbocycles. The second kappa shape index (κ2) is 6.17. The molecule has 0 aliphatic carbocycles. The van der Waals surface area contributed by atoms with Crippen molar-refractivity contribution in [3.8, 4) is 11.9 Å². The first-order valence-electron chi connectivity index (χ1n) is 7.29. The maximum atomic E-state index is 12.9. The molecule has 1 aliphatic rings. The number of benzene rings is 1. The number of ether oxygens (including phenoxy) is 1.